The lowest BCUT2D eigenvalue weighted by Gasteiger charge is -2.10. The van der Waals surface area contributed by atoms with Gasteiger partial charge < -0.3 is 18.9 Å². The molecular weight excluding hydrogens is 362 g/mol. The van der Waals surface area contributed by atoms with Crippen molar-refractivity contribution in [2.45, 2.75) is 6.92 Å². The molecule has 0 aromatic heterocycles. The average Bonchev–Trinajstić information content (AvgIpc) is 3.08. The summed E-state index contributed by atoms with van der Waals surface area (Å²) >= 11 is 0. The van der Waals surface area contributed by atoms with E-state index in [1.54, 1.807) is 31.2 Å². The summed E-state index contributed by atoms with van der Waals surface area (Å²) in [7, 11) is 1.49. The van der Waals surface area contributed by atoms with E-state index in [4.69, 9.17) is 18.9 Å². The highest BCUT2D eigenvalue weighted by Crippen LogP contribution is 2.29. The molecule has 3 rings (SSSR count). The number of esters is 2. The van der Waals surface area contributed by atoms with Crippen molar-refractivity contribution < 1.29 is 28.5 Å². The number of hydrogen-bond donors (Lipinski definition) is 0. The molecule has 0 atom stereocenters. The standard InChI is InChI=1S/C21H19NO6/c1-3-26-19(23)13-27-17-10-9-14(12-18(17)25-2)11-16-21(24)28-20(22-16)15-7-5-4-6-8-15/h4-12H,3,13H2,1-2H3/b16-11-. The molecular formula is C21H19NO6. The number of carbonyl (C=O) groups excluding carboxylic acids is 2. The first kappa shape index (κ1) is 19.2. The lowest BCUT2D eigenvalue weighted by atomic mass is 10.1. The topological polar surface area (TPSA) is 83.4 Å². The molecule has 0 bridgehead atoms. The van der Waals surface area contributed by atoms with Crippen LogP contribution in [0.3, 0.4) is 0 Å². The summed E-state index contributed by atoms with van der Waals surface area (Å²) in [4.78, 5) is 27.8. The lowest BCUT2D eigenvalue weighted by Crippen LogP contribution is -2.14. The van der Waals surface area contributed by atoms with Crippen molar-refractivity contribution in [1.82, 2.24) is 0 Å². The summed E-state index contributed by atoms with van der Waals surface area (Å²) in [6.45, 7) is 1.79. The second-order valence-corrected chi connectivity index (χ2v) is 5.71. The number of nitrogens with zero attached hydrogens (tertiary/aromatic N) is 1. The third-order valence-corrected chi connectivity index (χ3v) is 3.78. The number of benzene rings is 2. The molecule has 0 amide bonds. The molecule has 0 fully saturated rings. The van der Waals surface area contributed by atoms with E-state index in [9.17, 15) is 9.59 Å². The Kier molecular flexibility index (Phi) is 6.06. The van der Waals surface area contributed by atoms with Gasteiger partial charge in [0.1, 0.15) is 0 Å². The van der Waals surface area contributed by atoms with Crippen molar-refractivity contribution in [3.05, 3.63) is 65.4 Å². The molecule has 7 nitrogen and oxygen atoms in total. The van der Waals surface area contributed by atoms with Gasteiger partial charge in [-0.1, -0.05) is 24.3 Å². The van der Waals surface area contributed by atoms with Crippen LogP contribution >= 0.6 is 0 Å². The largest absolute Gasteiger partial charge is 0.493 e. The fraction of sp³-hybridized carbons (Fsp3) is 0.190. The first-order valence-electron chi connectivity index (χ1n) is 8.65. The van der Waals surface area contributed by atoms with Crippen molar-refractivity contribution in [2.75, 3.05) is 20.3 Å². The number of methoxy groups -OCH3 is 1. The maximum atomic E-state index is 12.1. The highest BCUT2D eigenvalue weighted by atomic mass is 16.6. The van der Waals surface area contributed by atoms with Crippen LogP contribution in [0.25, 0.3) is 6.08 Å². The zero-order chi connectivity index (χ0) is 19.9. The molecule has 2 aromatic carbocycles. The van der Waals surface area contributed by atoms with Crippen LogP contribution in [0.15, 0.2) is 59.2 Å². The number of carbonyl (C=O) groups is 2. The van der Waals surface area contributed by atoms with Crippen molar-refractivity contribution >= 4 is 23.9 Å². The Labute approximate surface area is 162 Å². The second kappa shape index (κ2) is 8.85. The Hall–Kier alpha value is -3.61. The fourth-order valence-electron chi connectivity index (χ4n) is 2.50. The first-order valence-corrected chi connectivity index (χ1v) is 8.65. The van der Waals surface area contributed by atoms with Gasteiger partial charge in [-0.2, -0.15) is 0 Å². The summed E-state index contributed by atoms with van der Waals surface area (Å²) < 4.78 is 20.8. The molecule has 0 aliphatic carbocycles. The summed E-state index contributed by atoms with van der Waals surface area (Å²) in [5.41, 5.74) is 1.57. The van der Waals surface area contributed by atoms with Crippen LogP contribution in [0.2, 0.25) is 0 Å². The van der Waals surface area contributed by atoms with Crippen LogP contribution in [0, 0.1) is 0 Å². The Morgan fingerprint density at radius 2 is 1.93 bits per heavy atom. The normalized spacial score (nSPS) is 14.4. The SMILES string of the molecule is CCOC(=O)COc1ccc(/C=C2\N=C(c3ccccc3)OC2=O)cc1OC. The average molecular weight is 381 g/mol. The molecule has 0 spiro atoms. The van der Waals surface area contributed by atoms with Gasteiger partial charge in [-0.05, 0) is 42.8 Å². The van der Waals surface area contributed by atoms with Gasteiger partial charge in [0, 0.05) is 5.56 Å². The number of aliphatic imine (C=N–C) groups is 1. The van der Waals surface area contributed by atoms with E-state index in [2.05, 4.69) is 4.99 Å². The molecule has 144 valence electrons. The van der Waals surface area contributed by atoms with Crippen LogP contribution in [-0.2, 0) is 19.1 Å². The zero-order valence-electron chi connectivity index (χ0n) is 15.5. The van der Waals surface area contributed by atoms with Gasteiger partial charge in [-0.3, -0.25) is 0 Å². The summed E-state index contributed by atoms with van der Waals surface area (Å²) in [5, 5.41) is 0. The Balaban J connectivity index is 1.79. The van der Waals surface area contributed by atoms with Crippen molar-refractivity contribution in [2.24, 2.45) is 4.99 Å². The number of hydrogen-bond acceptors (Lipinski definition) is 7. The van der Waals surface area contributed by atoms with Crippen LogP contribution in [-0.4, -0.2) is 38.2 Å². The van der Waals surface area contributed by atoms with E-state index in [0.717, 1.165) is 5.56 Å². The summed E-state index contributed by atoms with van der Waals surface area (Å²) in [6, 6.07) is 14.2. The molecule has 0 N–H and O–H groups in total. The Morgan fingerprint density at radius 3 is 2.64 bits per heavy atom. The Bertz CT molecular complexity index is 933. The van der Waals surface area contributed by atoms with Crippen LogP contribution in [0.1, 0.15) is 18.1 Å². The lowest BCUT2D eigenvalue weighted by molar-refractivity contribution is -0.145. The van der Waals surface area contributed by atoms with E-state index < -0.39 is 11.9 Å². The maximum Gasteiger partial charge on any atom is 0.363 e. The van der Waals surface area contributed by atoms with E-state index >= 15 is 0 Å². The minimum absolute atomic E-state index is 0.182. The third kappa shape index (κ3) is 4.56. The van der Waals surface area contributed by atoms with Gasteiger partial charge in [-0.15, -0.1) is 0 Å². The molecule has 0 saturated heterocycles. The molecule has 0 saturated carbocycles. The molecule has 1 aliphatic rings. The number of rotatable bonds is 7. The van der Waals surface area contributed by atoms with E-state index in [0.29, 0.717) is 17.1 Å². The van der Waals surface area contributed by atoms with Crippen molar-refractivity contribution in [1.29, 1.82) is 0 Å². The van der Waals surface area contributed by atoms with Crippen LogP contribution < -0.4 is 9.47 Å². The molecule has 7 heteroatoms. The van der Waals surface area contributed by atoms with E-state index in [-0.39, 0.29) is 24.8 Å². The predicted octanol–water partition coefficient (Wildman–Crippen LogP) is 2.98. The van der Waals surface area contributed by atoms with E-state index in [1.807, 2.05) is 30.3 Å². The van der Waals surface area contributed by atoms with Crippen LogP contribution in [0.5, 0.6) is 11.5 Å². The van der Waals surface area contributed by atoms with E-state index in [1.165, 1.54) is 7.11 Å². The molecule has 0 radical (unpaired) electrons. The molecule has 0 unspecified atom stereocenters. The minimum atomic E-state index is -0.527. The molecule has 28 heavy (non-hydrogen) atoms. The predicted molar refractivity (Wildman–Crippen MR) is 102 cm³/mol. The smallest absolute Gasteiger partial charge is 0.363 e. The monoisotopic (exact) mass is 381 g/mol. The molecule has 1 aliphatic heterocycles. The van der Waals surface area contributed by atoms with Gasteiger partial charge in [0.25, 0.3) is 0 Å². The fourth-order valence-corrected chi connectivity index (χ4v) is 2.50. The zero-order valence-corrected chi connectivity index (χ0v) is 15.5. The molecule has 1 heterocycles. The second-order valence-electron chi connectivity index (χ2n) is 5.71. The summed E-state index contributed by atoms with van der Waals surface area (Å²) in [6.07, 6.45) is 1.59. The third-order valence-electron chi connectivity index (χ3n) is 3.78. The number of ether oxygens (including phenoxy) is 4. The summed E-state index contributed by atoms with van der Waals surface area (Å²) in [5.74, 6) is 0.0725. The van der Waals surface area contributed by atoms with Crippen molar-refractivity contribution in [3.63, 3.8) is 0 Å². The van der Waals surface area contributed by atoms with Gasteiger partial charge in [0.05, 0.1) is 13.7 Å². The van der Waals surface area contributed by atoms with Crippen molar-refractivity contribution in [3.8, 4) is 11.5 Å². The first-order chi connectivity index (χ1) is 13.6. The quantitative estimate of drug-likeness (QED) is 0.542. The van der Waals surface area contributed by atoms with Gasteiger partial charge in [0.15, 0.2) is 23.8 Å². The van der Waals surface area contributed by atoms with Gasteiger partial charge in [-0.25, -0.2) is 14.6 Å². The molecule has 2 aromatic rings. The highest BCUT2D eigenvalue weighted by molar-refractivity contribution is 6.12. The van der Waals surface area contributed by atoms with Gasteiger partial charge >= 0.3 is 11.9 Å². The Morgan fingerprint density at radius 1 is 1.14 bits per heavy atom. The minimum Gasteiger partial charge on any atom is -0.493 e. The van der Waals surface area contributed by atoms with Gasteiger partial charge in [0.2, 0.25) is 5.90 Å². The van der Waals surface area contributed by atoms with Crippen LogP contribution in [0.4, 0.5) is 0 Å². The maximum absolute atomic E-state index is 12.1. The number of cyclic esters (lactones) is 1. The highest BCUT2D eigenvalue weighted by Gasteiger charge is 2.24.